The Bertz CT molecular complexity index is 1490. The van der Waals surface area contributed by atoms with Gasteiger partial charge in [0, 0.05) is 56.1 Å². The Morgan fingerprint density at radius 2 is 1.34 bits per heavy atom. The van der Waals surface area contributed by atoms with E-state index in [1.807, 2.05) is 53.7 Å². The van der Waals surface area contributed by atoms with Crippen LogP contribution in [0.5, 0.6) is 0 Å². The number of anilines is 2. The fraction of sp³-hybridized carbons (Fsp3) is 0.333. The molecule has 0 aliphatic carbocycles. The molecule has 0 unspecified atom stereocenters. The molecule has 5 rings (SSSR count). The Hall–Kier alpha value is -5.22. The molecular weight excluding hydrogens is 640 g/mol. The molecule has 252 valence electrons. The second-order valence-electron chi connectivity index (χ2n) is 10.3. The van der Waals surface area contributed by atoms with Gasteiger partial charge in [-0.25, -0.2) is 9.59 Å². The van der Waals surface area contributed by atoms with Gasteiger partial charge in [0.15, 0.2) is 0 Å². The number of nitrogens with zero attached hydrogens (tertiary/aromatic N) is 5. The summed E-state index contributed by atoms with van der Waals surface area (Å²) in [4.78, 5) is 58.4. The maximum absolute atomic E-state index is 13.4. The highest BCUT2D eigenvalue weighted by molar-refractivity contribution is 6.01. The number of alkyl halides is 6. The standard InChI is InChI=1S/C26H27N5O2.2C2HF3O2/c32-25-19-30(26(33)23-6-3-4-12-28-23)18-21-5-1-2-7-24(21)31(25)17-20-10-15-29(16-11-20)22-8-13-27-14-9-22;2*3-2(4,5)1(6)7/h1-9,12-14,20H,10-11,15-19H2;2*(H,6,7). The molecule has 17 heteroatoms. The third-order valence-corrected chi connectivity index (χ3v) is 7.01. The van der Waals surface area contributed by atoms with Crippen molar-refractivity contribution in [3.8, 4) is 0 Å². The normalized spacial score (nSPS) is 15.3. The largest absolute Gasteiger partial charge is 0.490 e. The SMILES string of the molecule is O=C(O)C(F)(F)F.O=C(O)C(F)(F)F.O=C(c1ccccn1)N1CC(=O)N(CC2CCN(c3ccncc3)CC2)c2ccccc2C1. The first kappa shape index (κ1) is 36.3. The first-order valence-electron chi connectivity index (χ1n) is 13.9. The molecule has 0 saturated carbocycles. The minimum atomic E-state index is -5.08. The van der Waals surface area contributed by atoms with E-state index >= 15 is 0 Å². The number of aliphatic carboxylic acids is 2. The summed E-state index contributed by atoms with van der Waals surface area (Å²) in [6.45, 7) is 3.05. The van der Waals surface area contributed by atoms with E-state index in [4.69, 9.17) is 19.8 Å². The van der Waals surface area contributed by atoms with Gasteiger partial charge in [-0.1, -0.05) is 24.3 Å². The molecule has 0 bridgehead atoms. The minimum absolute atomic E-state index is 0.0409. The van der Waals surface area contributed by atoms with Gasteiger partial charge in [0.25, 0.3) is 5.91 Å². The van der Waals surface area contributed by atoms with Gasteiger partial charge in [-0.05, 0) is 54.7 Å². The van der Waals surface area contributed by atoms with Crippen molar-refractivity contribution >= 4 is 35.1 Å². The van der Waals surface area contributed by atoms with E-state index in [1.54, 1.807) is 29.3 Å². The number of carbonyl (C=O) groups is 4. The van der Waals surface area contributed by atoms with E-state index < -0.39 is 24.3 Å². The zero-order valence-corrected chi connectivity index (χ0v) is 24.5. The maximum Gasteiger partial charge on any atom is 0.490 e. The van der Waals surface area contributed by atoms with Gasteiger partial charge in [-0.2, -0.15) is 26.3 Å². The van der Waals surface area contributed by atoms with Crippen molar-refractivity contribution in [3.05, 3.63) is 84.4 Å². The fourth-order valence-electron chi connectivity index (χ4n) is 4.73. The third kappa shape index (κ3) is 10.7. The molecule has 2 aliphatic heterocycles. The second-order valence-corrected chi connectivity index (χ2v) is 10.3. The molecule has 0 spiro atoms. The zero-order chi connectivity index (χ0) is 34.8. The molecule has 2 N–H and O–H groups in total. The summed E-state index contributed by atoms with van der Waals surface area (Å²) >= 11 is 0. The van der Waals surface area contributed by atoms with Gasteiger partial charge in [-0.3, -0.25) is 19.6 Å². The summed E-state index contributed by atoms with van der Waals surface area (Å²) in [5.41, 5.74) is 3.46. The number of piperidine rings is 1. The van der Waals surface area contributed by atoms with E-state index in [-0.39, 0.29) is 18.4 Å². The van der Waals surface area contributed by atoms with E-state index in [0.29, 0.717) is 24.7 Å². The second kappa shape index (κ2) is 15.9. The lowest BCUT2D eigenvalue weighted by molar-refractivity contribution is -0.193. The van der Waals surface area contributed by atoms with Gasteiger partial charge in [0.2, 0.25) is 5.91 Å². The van der Waals surface area contributed by atoms with Gasteiger partial charge in [0.1, 0.15) is 12.2 Å². The Balaban J connectivity index is 0.000000360. The van der Waals surface area contributed by atoms with Crippen LogP contribution >= 0.6 is 0 Å². The van der Waals surface area contributed by atoms with Gasteiger partial charge < -0.3 is 24.9 Å². The van der Waals surface area contributed by atoms with Crippen molar-refractivity contribution < 1.29 is 55.7 Å². The first-order valence-corrected chi connectivity index (χ1v) is 13.9. The zero-order valence-electron chi connectivity index (χ0n) is 24.5. The monoisotopic (exact) mass is 669 g/mol. The molecule has 2 aromatic heterocycles. The van der Waals surface area contributed by atoms with E-state index in [9.17, 15) is 35.9 Å². The van der Waals surface area contributed by atoms with Crippen LogP contribution in [0.3, 0.4) is 0 Å². The van der Waals surface area contributed by atoms with Gasteiger partial charge >= 0.3 is 24.3 Å². The summed E-state index contributed by atoms with van der Waals surface area (Å²) in [7, 11) is 0. The van der Waals surface area contributed by atoms with E-state index in [1.165, 1.54) is 5.69 Å². The molecular formula is C30H29F6N5O6. The number of carbonyl (C=O) groups excluding carboxylic acids is 2. The molecule has 1 fully saturated rings. The molecule has 1 aromatic carbocycles. The van der Waals surface area contributed by atoms with Crippen molar-refractivity contribution in [3.63, 3.8) is 0 Å². The smallest absolute Gasteiger partial charge is 0.475 e. The van der Waals surface area contributed by atoms with Crippen molar-refractivity contribution in [1.29, 1.82) is 0 Å². The Labute approximate surface area is 264 Å². The summed E-state index contributed by atoms with van der Waals surface area (Å²) < 4.78 is 63.5. The molecule has 1 saturated heterocycles. The number of carboxylic acids is 2. The summed E-state index contributed by atoms with van der Waals surface area (Å²) in [6.07, 6.45) is -2.88. The highest BCUT2D eigenvalue weighted by Crippen LogP contribution is 2.30. The molecule has 47 heavy (non-hydrogen) atoms. The molecule has 4 heterocycles. The van der Waals surface area contributed by atoms with Crippen LogP contribution in [0.4, 0.5) is 37.7 Å². The van der Waals surface area contributed by atoms with Crippen LogP contribution in [0.1, 0.15) is 28.9 Å². The van der Waals surface area contributed by atoms with Gasteiger partial charge in [0.05, 0.1) is 0 Å². The number of para-hydroxylation sites is 1. The first-order chi connectivity index (χ1) is 22.1. The minimum Gasteiger partial charge on any atom is -0.475 e. The molecule has 0 radical (unpaired) electrons. The fourth-order valence-corrected chi connectivity index (χ4v) is 4.73. The predicted molar refractivity (Wildman–Crippen MR) is 154 cm³/mol. The lowest BCUT2D eigenvalue weighted by Gasteiger charge is -2.36. The van der Waals surface area contributed by atoms with Crippen molar-refractivity contribution in [2.75, 3.05) is 36.0 Å². The quantitative estimate of drug-likeness (QED) is 0.380. The van der Waals surface area contributed by atoms with Crippen LogP contribution in [-0.2, 0) is 20.9 Å². The van der Waals surface area contributed by atoms with Crippen LogP contribution in [0.15, 0.2) is 73.2 Å². The molecule has 0 atom stereocenters. The third-order valence-electron chi connectivity index (χ3n) is 7.01. The predicted octanol–water partition coefficient (Wildman–Crippen LogP) is 4.65. The number of carboxylic acid groups (broad SMARTS) is 2. The highest BCUT2D eigenvalue weighted by Gasteiger charge is 2.39. The molecule has 2 amide bonds. The van der Waals surface area contributed by atoms with Crippen LogP contribution in [-0.4, -0.2) is 87.4 Å². The Morgan fingerprint density at radius 1 is 0.787 bits per heavy atom. The van der Waals surface area contributed by atoms with Gasteiger partial charge in [-0.15, -0.1) is 0 Å². The number of benzene rings is 1. The van der Waals surface area contributed by atoms with Crippen molar-refractivity contribution in [2.24, 2.45) is 5.92 Å². The van der Waals surface area contributed by atoms with Crippen LogP contribution in [0, 0.1) is 5.92 Å². The lowest BCUT2D eigenvalue weighted by atomic mass is 9.95. The topological polar surface area (TPSA) is 144 Å². The van der Waals surface area contributed by atoms with E-state index in [2.05, 4.69) is 14.9 Å². The molecule has 2 aliphatic rings. The Kier molecular flexibility index (Phi) is 12.2. The van der Waals surface area contributed by atoms with E-state index in [0.717, 1.165) is 37.2 Å². The van der Waals surface area contributed by atoms with Crippen LogP contribution in [0.25, 0.3) is 0 Å². The Morgan fingerprint density at radius 3 is 1.87 bits per heavy atom. The average molecular weight is 670 g/mol. The molecule has 11 nitrogen and oxygen atoms in total. The number of halogens is 6. The van der Waals surface area contributed by atoms with Crippen LogP contribution < -0.4 is 9.80 Å². The number of fused-ring (bicyclic) bond motifs is 1. The van der Waals surface area contributed by atoms with Crippen molar-refractivity contribution in [1.82, 2.24) is 14.9 Å². The van der Waals surface area contributed by atoms with Crippen LogP contribution in [0.2, 0.25) is 0 Å². The maximum atomic E-state index is 13.4. The number of aromatic nitrogens is 2. The number of hydrogen-bond donors (Lipinski definition) is 2. The average Bonchev–Trinajstić information content (AvgIpc) is 3.17. The summed E-state index contributed by atoms with van der Waals surface area (Å²) in [6, 6.07) is 17.3. The summed E-state index contributed by atoms with van der Waals surface area (Å²) in [5, 5.41) is 14.2. The summed E-state index contributed by atoms with van der Waals surface area (Å²) in [5.74, 6) is -5.36. The highest BCUT2D eigenvalue weighted by atomic mass is 19.4. The number of amides is 2. The lowest BCUT2D eigenvalue weighted by Crippen LogP contribution is -2.44. The number of rotatable bonds is 4. The molecule has 3 aromatic rings. The number of pyridine rings is 2. The van der Waals surface area contributed by atoms with Crippen molar-refractivity contribution in [2.45, 2.75) is 31.7 Å². The number of hydrogen-bond acceptors (Lipinski definition) is 7.